The van der Waals surface area contributed by atoms with E-state index < -0.39 is 15.8 Å². The van der Waals surface area contributed by atoms with Crippen LogP contribution in [0, 0.1) is 51.2 Å². The van der Waals surface area contributed by atoms with Crippen molar-refractivity contribution in [2.75, 3.05) is 55.7 Å². The first-order valence-electron chi connectivity index (χ1n) is 20.1. The van der Waals surface area contributed by atoms with E-state index in [0.29, 0.717) is 65.0 Å². The molecule has 4 unspecified atom stereocenters. The number of sulfone groups is 1. The molecule has 0 radical (unpaired) electrons. The highest BCUT2D eigenvalue weighted by atomic mass is 32.2. The van der Waals surface area contributed by atoms with Crippen LogP contribution in [-0.4, -0.2) is 90.9 Å². The summed E-state index contributed by atoms with van der Waals surface area (Å²) in [6.07, 6.45) is 12.5. The van der Waals surface area contributed by atoms with Gasteiger partial charge >= 0.3 is 5.97 Å². The molecule has 284 valence electrons. The molecule has 4 saturated carbocycles. The maximum absolute atomic E-state index is 11.9. The van der Waals surface area contributed by atoms with Crippen molar-refractivity contribution in [3.63, 3.8) is 0 Å². The number of piperidine rings is 1. The second-order valence-electron chi connectivity index (χ2n) is 19.2. The fourth-order valence-corrected chi connectivity index (χ4v) is 15.3. The largest absolute Gasteiger partial charge is 0.476 e. The smallest absolute Gasteiger partial charge is 0.356 e. The zero-order valence-electron chi connectivity index (χ0n) is 32.3. The van der Waals surface area contributed by atoms with Crippen LogP contribution < -0.4 is 10.2 Å². The lowest BCUT2D eigenvalue weighted by Gasteiger charge is -2.73. The van der Waals surface area contributed by atoms with Crippen LogP contribution in [0.3, 0.4) is 0 Å². The van der Waals surface area contributed by atoms with Crippen LogP contribution in [-0.2, 0) is 9.84 Å². The van der Waals surface area contributed by atoms with Gasteiger partial charge in [-0.1, -0.05) is 32.9 Å². The van der Waals surface area contributed by atoms with Gasteiger partial charge in [-0.3, -0.25) is 0 Å². The summed E-state index contributed by atoms with van der Waals surface area (Å²) in [7, 11) is -2.83. The Kier molecular flexibility index (Phi) is 9.55. The lowest BCUT2D eigenvalue weighted by molar-refractivity contribution is -0.227. The Morgan fingerprint density at radius 1 is 0.922 bits per heavy atom. The van der Waals surface area contributed by atoms with Crippen molar-refractivity contribution in [2.24, 2.45) is 51.2 Å². The molecule has 2 saturated heterocycles. The molecule has 2 N–H and O–H groups in total. The molecular weight excluding hydrogens is 659 g/mol. The first kappa shape index (κ1) is 37.3. The summed E-state index contributed by atoms with van der Waals surface area (Å²) in [4.78, 5) is 16.2. The number of nitrogens with zero attached hydrogens (tertiary/aromatic N) is 4. The van der Waals surface area contributed by atoms with E-state index in [1.165, 1.54) is 56.9 Å². The van der Waals surface area contributed by atoms with Gasteiger partial charge in [0, 0.05) is 31.7 Å². The van der Waals surface area contributed by atoms with Gasteiger partial charge in [0.05, 0.1) is 11.5 Å². The van der Waals surface area contributed by atoms with Crippen molar-refractivity contribution in [1.29, 1.82) is 0 Å². The Balaban J connectivity index is 1.08. The van der Waals surface area contributed by atoms with Crippen LogP contribution >= 0.6 is 0 Å². The van der Waals surface area contributed by atoms with Crippen LogP contribution in [0.5, 0.6) is 0 Å². The number of fused-ring (bicyclic) bond motifs is 7. The van der Waals surface area contributed by atoms with Crippen LogP contribution in [0.2, 0.25) is 0 Å². The predicted molar refractivity (Wildman–Crippen MR) is 204 cm³/mol. The first-order valence-corrected chi connectivity index (χ1v) is 21.9. The second kappa shape index (κ2) is 13.1. The zero-order chi connectivity index (χ0) is 36.6. The Hall–Kier alpha value is -2.04. The average Bonchev–Trinajstić information content (AvgIpc) is 3.45. The normalized spacial score (nSPS) is 41.5. The van der Waals surface area contributed by atoms with Gasteiger partial charge in [0.25, 0.3) is 0 Å². The molecule has 10 heteroatoms. The van der Waals surface area contributed by atoms with Crippen molar-refractivity contribution in [2.45, 2.75) is 111 Å². The lowest BCUT2D eigenvalue weighted by atomic mass is 9.33. The highest BCUT2D eigenvalue weighted by molar-refractivity contribution is 7.91. The Labute approximate surface area is 307 Å². The summed E-state index contributed by atoms with van der Waals surface area (Å²) in [5, 5.41) is 21.8. The molecule has 4 aliphatic carbocycles. The molecule has 9 atom stereocenters. The Morgan fingerprint density at radius 3 is 2.33 bits per heavy atom. The van der Waals surface area contributed by atoms with E-state index in [1.807, 2.05) is 6.07 Å². The molecule has 9 nitrogen and oxygen atoms in total. The van der Waals surface area contributed by atoms with Gasteiger partial charge in [0.1, 0.15) is 0 Å². The summed E-state index contributed by atoms with van der Waals surface area (Å²) in [5.41, 5.74) is 2.42. The van der Waals surface area contributed by atoms with Crippen LogP contribution in [0.15, 0.2) is 24.3 Å². The van der Waals surface area contributed by atoms with Crippen molar-refractivity contribution in [3.8, 4) is 0 Å². The van der Waals surface area contributed by atoms with Gasteiger partial charge in [-0.2, -0.15) is 0 Å². The summed E-state index contributed by atoms with van der Waals surface area (Å²) in [6, 6.07) is 3.45. The van der Waals surface area contributed by atoms with E-state index >= 15 is 0 Å². The molecule has 1 aromatic heterocycles. The fraction of sp³-hybridized carbons (Fsp3) is 0.829. The van der Waals surface area contributed by atoms with Crippen LogP contribution in [0.1, 0.15) is 116 Å². The molecule has 6 fully saturated rings. The number of rotatable bonds is 9. The molecule has 2 aliphatic heterocycles. The van der Waals surface area contributed by atoms with Gasteiger partial charge in [-0.15, -0.1) is 10.2 Å². The minimum absolute atomic E-state index is 0.00526. The molecule has 0 aromatic carbocycles. The summed E-state index contributed by atoms with van der Waals surface area (Å²) >= 11 is 0. The van der Waals surface area contributed by atoms with E-state index in [1.54, 1.807) is 6.07 Å². The van der Waals surface area contributed by atoms with Crippen molar-refractivity contribution >= 4 is 21.6 Å². The van der Waals surface area contributed by atoms with Crippen molar-refractivity contribution in [1.82, 2.24) is 20.4 Å². The molecule has 0 amide bonds. The van der Waals surface area contributed by atoms with Crippen molar-refractivity contribution in [3.05, 3.63) is 30.0 Å². The average molecular weight is 724 g/mol. The van der Waals surface area contributed by atoms with Crippen molar-refractivity contribution < 1.29 is 18.3 Å². The fourth-order valence-electron chi connectivity index (χ4n) is 14.0. The number of nitrogens with one attached hydrogen (secondary N) is 1. The number of carboxylic acid groups (broad SMARTS) is 1. The Bertz CT molecular complexity index is 1600. The van der Waals surface area contributed by atoms with E-state index in [0.717, 1.165) is 44.8 Å². The highest BCUT2D eigenvalue weighted by Crippen LogP contribution is 2.76. The third-order valence-electron chi connectivity index (χ3n) is 16.8. The molecule has 3 heterocycles. The Morgan fingerprint density at radius 2 is 1.67 bits per heavy atom. The summed E-state index contributed by atoms with van der Waals surface area (Å²) < 4.78 is 23.7. The predicted octanol–water partition coefficient (Wildman–Crippen LogP) is 6.71. The van der Waals surface area contributed by atoms with Gasteiger partial charge in [-0.05, 0) is 161 Å². The molecule has 0 spiro atoms. The molecular formula is C41H65N5O4S. The standard InChI is InChI=1S/C41H65N5O4S/c1-28(2)29-13-16-41(27-42-20-8-21-45-23-25-51(49,50)26-24-45)18-17-39(6)30(35(29)41)9-11-33-38(5)19-22-46(34-12-10-31(36(47)48)43-44-34)37(3,4)32(38)14-15-40(33,39)7/h10,12,29-30,32-33,35,42H,1,8-9,11,13-27H2,2-7H3,(H,47,48)/t29?,30?,32-,33?,35?,38-,39+,40+,41+/m0/s1. The maximum atomic E-state index is 11.9. The minimum atomic E-state index is -2.83. The number of aromatic nitrogens is 2. The number of allylic oxidation sites excluding steroid dienone is 1. The second-order valence-corrected chi connectivity index (χ2v) is 21.5. The third-order valence-corrected chi connectivity index (χ3v) is 18.4. The molecule has 6 aliphatic rings. The van der Waals surface area contributed by atoms with E-state index in [9.17, 15) is 18.3 Å². The topological polar surface area (TPSA) is 116 Å². The molecule has 1 aromatic rings. The zero-order valence-corrected chi connectivity index (χ0v) is 33.2. The maximum Gasteiger partial charge on any atom is 0.356 e. The number of carbonyl (C=O) groups is 1. The highest BCUT2D eigenvalue weighted by Gasteiger charge is 2.70. The van der Waals surface area contributed by atoms with Gasteiger partial charge in [-0.25, -0.2) is 13.2 Å². The van der Waals surface area contributed by atoms with Crippen LogP contribution in [0.25, 0.3) is 0 Å². The quantitative estimate of drug-likeness (QED) is 0.212. The molecule has 0 bridgehead atoms. The van der Waals surface area contributed by atoms with Gasteiger partial charge in [0.15, 0.2) is 21.3 Å². The molecule has 7 rings (SSSR count). The SMILES string of the molecule is C=C(C)C1CC[C@]2(CNCCCN3CCS(=O)(=O)CC3)CC[C@]3(C)C(CCC4[C@@]5(C)CCN(c6ccc(C(=O)O)nn6)C(C)(C)[C@@H]5CC[C@]43C)C12. The van der Waals surface area contributed by atoms with E-state index in [2.05, 4.69) is 73.4 Å². The number of anilines is 1. The summed E-state index contributed by atoms with van der Waals surface area (Å²) in [6.45, 7) is 25.1. The third kappa shape index (κ3) is 6.00. The monoisotopic (exact) mass is 723 g/mol. The number of carboxylic acids is 1. The van der Waals surface area contributed by atoms with Gasteiger partial charge in [0.2, 0.25) is 0 Å². The van der Waals surface area contributed by atoms with Gasteiger partial charge < -0.3 is 20.2 Å². The summed E-state index contributed by atoms with van der Waals surface area (Å²) in [5.74, 6) is 3.57. The molecule has 51 heavy (non-hydrogen) atoms. The van der Waals surface area contributed by atoms with E-state index in [4.69, 9.17) is 0 Å². The minimum Gasteiger partial charge on any atom is -0.476 e. The number of aromatic carboxylic acids is 1. The number of hydrogen-bond acceptors (Lipinski definition) is 8. The number of hydrogen-bond donors (Lipinski definition) is 2. The first-order chi connectivity index (χ1) is 24.0. The van der Waals surface area contributed by atoms with E-state index in [-0.39, 0.29) is 22.1 Å². The lowest BCUT2D eigenvalue weighted by Crippen LogP contribution is -2.70. The van der Waals surface area contributed by atoms with Crippen LogP contribution in [0.4, 0.5) is 5.82 Å².